The fourth-order valence-corrected chi connectivity index (χ4v) is 2.12. The van der Waals surface area contributed by atoms with Crippen LogP contribution in [0.4, 0.5) is 5.82 Å². The Balaban J connectivity index is 2.06. The summed E-state index contributed by atoms with van der Waals surface area (Å²) < 4.78 is 0. The van der Waals surface area contributed by atoms with Crippen molar-refractivity contribution in [1.82, 2.24) is 9.97 Å². The summed E-state index contributed by atoms with van der Waals surface area (Å²) in [4.78, 5) is 8.49. The Hall–Kier alpha value is -1.12. The molecule has 1 aliphatic rings. The van der Waals surface area contributed by atoms with Crippen molar-refractivity contribution in [3.8, 4) is 0 Å². The molecule has 15 heavy (non-hydrogen) atoms. The quantitative estimate of drug-likeness (QED) is 0.806. The zero-order valence-electron chi connectivity index (χ0n) is 9.58. The van der Waals surface area contributed by atoms with Gasteiger partial charge in [-0.15, -0.1) is 0 Å². The molecule has 0 radical (unpaired) electrons. The number of nitrogens with zero attached hydrogens (tertiary/aromatic N) is 2. The maximum Gasteiger partial charge on any atom is 0.132 e. The Morgan fingerprint density at radius 3 is 2.60 bits per heavy atom. The van der Waals surface area contributed by atoms with Crippen LogP contribution in [-0.2, 0) is 0 Å². The van der Waals surface area contributed by atoms with Crippen molar-refractivity contribution in [3.05, 3.63) is 17.6 Å². The average molecular weight is 205 g/mol. The lowest BCUT2D eigenvalue weighted by Gasteiger charge is -2.24. The van der Waals surface area contributed by atoms with Gasteiger partial charge < -0.3 is 5.32 Å². The molecular formula is C12H19N3. The highest BCUT2D eigenvalue weighted by molar-refractivity contribution is 5.45. The van der Waals surface area contributed by atoms with Crippen LogP contribution < -0.4 is 5.32 Å². The maximum absolute atomic E-state index is 4.31. The molecule has 0 atom stereocenters. The van der Waals surface area contributed by atoms with E-state index in [1.54, 1.807) is 6.33 Å². The van der Waals surface area contributed by atoms with Crippen LogP contribution in [0.3, 0.4) is 0 Å². The maximum atomic E-state index is 4.31. The molecule has 1 fully saturated rings. The van der Waals surface area contributed by atoms with E-state index < -0.39 is 0 Å². The van der Waals surface area contributed by atoms with Crippen LogP contribution >= 0.6 is 0 Å². The predicted octanol–water partition coefficient (Wildman–Crippen LogP) is 2.84. The lowest BCUT2D eigenvalue weighted by molar-refractivity contribution is 0.461. The second-order valence-corrected chi connectivity index (χ2v) is 4.41. The van der Waals surface area contributed by atoms with E-state index >= 15 is 0 Å². The molecule has 82 valence electrons. The minimum Gasteiger partial charge on any atom is -0.367 e. The molecule has 1 heterocycles. The molecule has 1 aromatic rings. The Labute approximate surface area is 91.3 Å². The van der Waals surface area contributed by atoms with Crippen LogP contribution in [0, 0.1) is 13.8 Å². The van der Waals surface area contributed by atoms with Crippen molar-refractivity contribution in [2.24, 2.45) is 0 Å². The minimum atomic E-state index is 0.617. The van der Waals surface area contributed by atoms with Gasteiger partial charge in [-0.1, -0.05) is 19.3 Å². The van der Waals surface area contributed by atoms with Gasteiger partial charge in [-0.05, 0) is 26.7 Å². The lowest BCUT2D eigenvalue weighted by Crippen LogP contribution is -2.23. The highest BCUT2D eigenvalue weighted by atomic mass is 15.0. The first-order valence-electron chi connectivity index (χ1n) is 5.82. The van der Waals surface area contributed by atoms with Crippen LogP contribution in [0.5, 0.6) is 0 Å². The molecule has 0 aliphatic heterocycles. The molecule has 0 spiro atoms. The number of aromatic nitrogens is 2. The first-order valence-corrected chi connectivity index (χ1v) is 5.82. The summed E-state index contributed by atoms with van der Waals surface area (Å²) in [6, 6.07) is 0.617. The molecule has 0 saturated heterocycles. The van der Waals surface area contributed by atoms with Crippen molar-refractivity contribution >= 4 is 5.82 Å². The number of anilines is 1. The molecule has 1 saturated carbocycles. The monoisotopic (exact) mass is 205 g/mol. The summed E-state index contributed by atoms with van der Waals surface area (Å²) in [7, 11) is 0. The summed E-state index contributed by atoms with van der Waals surface area (Å²) >= 11 is 0. The Bertz CT molecular complexity index is 330. The lowest BCUT2D eigenvalue weighted by atomic mass is 9.95. The van der Waals surface area contributed by atoms with Crippen LogP contribution in [-0.4, -0.2) is 16.0 Å². The Morgan fingerprint density at radius 2 is 1.87 bits per heavy atom. The van der Waals surface area contributed by atoms with E-state index in [1.165, 1.54) is 37.7 Å². The van der Waals surface area contributed by atoms with Gasteiger partial charge in [0.25, 0.3) is 0 Å². The molecule has 0 aromatic carbocycles. The summed E-state index contributed by atoms with van der Waals surface area (Å²) in [6.45, 7) is 4.11. The molecule has 3 nitrogen and oxygen atoms in total. The fraction of sp³-hybridized carbons (Fsp3) is 0.667. The standard InChI is InChI=1S/C12H19N3/c1-9-10(2)13-8-14-12(9)15-11-6-4-3-5-7-11/h8,11H,3-7H2,1-2H3,(H,13,14,15). The van der Waals surface area contributed by atoms with Gasteiger partial charge in [-0.25, -0.2) is 9.97 Å². The number of aryl methyl sites for hydroxylation is 1. The second kappa shape index (κ2) is 4.60. The van der Waals surface area contributed by atoms with Gasteiger partial charge in [0.1, 0.15) is 12.1 Å². The zero-order valence-corrected chi connectivity index (χ0v) is 9.58. The number of hydrogen-bond donors (Lipinski definition) is 1. The van der Waals surface area contributed by atoms with Gasteiger partial charge in [0, 0.05) is 17.3 Å². The van der Waals surface area contributed by atoms with Crippen molar-refractivity contribution in [2.45, 2.75) is 52.0 Å². The fourth-order valence-electron chi connectivity index (χ4n) is 2.12. The second-order valence-electron chi connectivity index (χ2n) is 4.41. The Kier molecular flexibility index (Phi) is 3.19. The van der Waals surface area contributed by atoms with Gasteiger partial charge in [0.05, 0.1) is 0 Å². The largest absolute Gasteiger partial charge is 0.367 e. The summed E-state index contributed by atoms with van der Waals surface area (Å²) in [6.07, 6.45) is 8.29. The van der Waals surface area contributed by atoms with E-state index in [2.05, 4.69) is 22.2 Å². The topological polar surface area (TPSA) is 37.8 Å². The molecule has 1 aromatic heterocycles. The first-order chi connectivity index (χ1) is 7.27. The average Bonchev–Trinajstić information content (AvgIpc) is 2.26. The smallest absolute Gasteiger partial charge is 0.132 e. The molecular weight excluding hydrogens is 186 g/mol. The van der Waals surface area contributed by atoms with E-state index in [4.69, 9.17) is 0 Å². The zero-order chi connectivity index (χ0) is 10.7. The van der Waals surface area contributed by atoms with E-state index in [-0.39, 0.29) is 0 Å². The Morgan fingerprint density at radius 1 is 1.13 bits per heavy atom. The molecule has 1 N–H and O–H groups in total. The number of rotatable bonds is 2. The summed E-state index contributed by atoms with van der Waals surface area (Å²) in [5.41, 5.74) is 2.26. The number of nitrogens with one attached hydrogen (secondary N) is 1. The highest BCUT2D eigenvalue weighted by Crippen LogP contribution is 2.22. The third-order valence-corrected chi connectivity index (χ3v) is 3.28. The van der Waals surface area contributed by atoms with Crippen molar-refractivity contribution < 1.29 is 0 Å². The molecule has 1 aliphatic carbocycles. The van der Waals surface area contributed by atoms with Gasteiger partial charge in [-0.3, -0.25) is 0 Å². The molecule has 0 unspecified atom stereocenters. The van der Waals surface area contributed by atoms with E-state index in [9.17, 15) is 0 Å². The van der Waals surface area contributed by atoms with E-state index in [1.807, 2.05) is 6.92 Å². The van der Waals surface area contributed by atoms with Crippen LogP contribution in [0.2, 0.25) is 0 Å². The molecule has 0 amide bonds. The molecule has 0 bridgehead atoms. The summed E-state index contributed by atoms with van der Waals surface area (Å²) in [5.74, 6) is 1.02. The van der Waals surface area contributed by atoms with Crippen molar-refractivity contribution in [1.29, 1.82) is 0 Å². The highest BCUT2D eigenvalue weighted by Gasteiger charge is 2.14. The molecule has 3 heteroatoms. The minimum absolute atomic E-state index is 0.617. The van der Waals surface area contributed by atoms with E-state index in [0.717, 1.165) is 11.5 Å². The van der Waals surface area contributed by atoms with Gasteiger partial charge in [-0.2, -0.15) is 0 Å². The first kappa shape index (κ1) is 10.4. The van der Waals surface area contributed by atoms with Crippen molar-refractivity contribution in [3.63, 3.8) is 0 Å². The van der Waals surface area contributed by atoms with Gasteiger partial charge in [0.15, 0.2) is 0 Å². The molecule has 2 rings (SSSR count). The van der Waals surface area contributed by atoms with Crippen LogP contribution in [0.1, 0.15) is 43.4 Å². The van der Waals surface area contributed by atoms with Gasteiger partial charge >= 0.3 is 0 Å². The predicted molar refractivity (Wildman–Crippen MR) is 62.0 cm³/mol. The third-order valence-electron chi connectivity index (χ3n) is 3.28. The number of hydrogen-bond acceptors (Lipinski definition) is 3. The van der Waals surface area contributed by atoms with E-state index in [0.29, 0.717) is 6.04 Å². The summed E-state index contributed by atoms with van der Waals surface area (Å²) in [5, 5.41) is 3.54. The SMILES string of the molecule is Cc1ncnc(NC2CCCCC2)c1C. The van der Waals surface area contributed by atoms with Crippen LogP contribution in [0.15, 0.2) is 6.33 Å². The van der Waals surface area contributed by atoms with Gasteiger partial charge in [0.2, 0.25) is 0 Å². The normalized spacial score (nSPS) is 17.7. The third kappa shape index (κ3) is 2.46. The van der Waals surface area contributed by atoms with Crippen LogP contribution in [0.25, 0.3) is 0 Å². The van der Waals surface area contributed by atoms with Crippen molar-refractivity contribution in [2.75, 3.05) is 5.32 Å².